The van der Waals surface area contributed by atoms with E-state index in [0.717, 1.165) is 5.75 Å². The highest BCUT2D eigenvalue weighted by molar-refractivity contribution is 8.00. The summed E-state index contributed by atoms with van der Waals surface area (Å²) in [6.07, 6.45) is 0. The van der Waals surface area contributed by atoms with Gasteiger partial charge in [0.1, 0.15) is 0 Å². The number of rotatable bonds is 2. The molecule has 1 aromatic rings. The lowest BCUT2D eigenvalue weighted by atomic mass is 10.2. The van der Waals surface area contributed by atoms with Gasteiger partial charge in [0.05, 0.1) is 10.6 Å². The summed E-state index contributed by atoms with van der Waals surface area (Å²) in [5.41, 5.74) is 0.407. The molecule has 1 aliphatic rings. The predicted octanol–water partition coefficient (Wildman–Crippen LogP) is 3.40. The first-order chi connectivity index (χ1) is 9.90. The van der Waals surface area contributed by atoms with Crippen LogP contribution >= 0.6 is 23.4 Å². The molecule has 0 aromatic heterocycles. The van der Waals surface area contributed by atoms with Crippen molar-refractivity contribution in [3.8, 4) is 0 Å². The second kappa shape index (κ2) is 6.58. The fraction of sp³-hybridized carbons (Fsp3) is 0.429. The van der Waals surface area contributed by atoms with Crippen LogP contribution in [0.5, 0.6) is 0 Å². The molecule has 5 nitrogen and oxygen atoms in total. The van der Waals surface area contributed by atoms with Crippen molar-refractivity contribution in [2.24, 2.45) is 0 Å². The number of carbonyl (C=O) groups is 2. The van der Waals surface area contributed by atoms with Crippen LogP contribution < -0.4 is 5.32 Å². The molecule has 2 atom stereocenters. The fourth-order valence-corrected chi connectivity index (χ4v) is 3.48. The van der Waals surface area contributed by atoms with Crippen molar-refractivity contribution >= 4 is 41.1 Å². The molecule has 0 spiro atoms. The summed E-state index contributed by atoms with van der Waals surface area (Å²) in [6, 6.07) is 4.36. The number of urea groups is 1. The second-order valence-corrected chi connectivity index (χ2v) is 6.83. The third-order valence-electron chi connectivity index (χ3n) is 3.59. The highest BCUT2D eigenvalue weighted by atomic mass is 35.5. The Morgan fingerprint density at radius 2 is 2.14 bits per heavy atom. The molecule has 7 heteroatoms. The zero-order chi connectivity index (χ0) is 15.6. The number of thioether (sulfide) groups is 1. The van der Waals surface area contributed by atoms with Crippen LogP contribution in [0.4, 0.5) is 10.5 Å². The van der Waals surface area contributed by atoms with Crippen LogP contribution in [-0.2, 0) is 0 Å². The molecule has 1 aliphatic heterocycles. The molecular formula is C14H17ClN2O3S. The first kappa shape index (κ1) is 16.0. The van der Waals surface area contributed by atoms with Gasteiger partial charge >= 0.3 is 12.0 Å². The first-order valence-corrected chi connectivity index (χ1v) is 8.05. The van der Waals surface area contributed by atoms with E-state index < -0.39 is 5.97 Å². The van der Waals surface area contributed by atoms with E-state index in [9.17, 15) is 9.59 Å². The monoisotopic (exact) mass is 328 g/mol. The van der Waals surface area contributed by atoms with Crippen molar-refractivity contribution in [1.29, 1.82) is 0 Å². The van der Waals surface area contributed by atoms with Crippen LogP contribution in [0.25, 0.3) is 0 Å². The maximum Gasteiger partial charge on any atom is 0.337 e. The molecule has 114 valence electrons. The van der Waals surface area contributed by atoms with Gasteiger partial charge in [-0.05, 0) is 25.1 Å². The summed E-state index contributed by atoms with van der Waals surface area (Å²) in [4.78, 5) is 25.1. The van der Waals surface area contributed by atoms with Crippen molar-refractivity contribution in [2.75, 3.05) is 17.6 Å². The summed E-state index contributed by atoms with van der Waals surface area (Å²) < 4.78 is 0. The third-order valence-corrected chi connectivity index (χ3v) is 5.26. The highest BCUT2D eigenvalue weighted by Gasteiger charge is 2.28. The predicted molar refractivity (Wildman–Crippen MR) is 85.5 cm³/mol. The molecule has 1 aromatic carbocycles. The lowest BCUT2D eigenvalue weighted by molar-refractivity contribution is 0.0697. The minimum Gasteiger partial charge on any atom is -0.478 e. The maximum atomic E-state index is 12.3. The molecule has 2 rings (SSSR count). The summed E-state index contributed by atoms with van der Waals surface area (Å²) >= 11 is 7.66. The van der Waals surface area contributed by atoms with E-state index in [1.54, 1.807) is 11.0 Å². The van der Waals surface area contributed by atoms with Crippen LogP contribution in [0.3, 0.4) is 0 Å². The molecule has 2 N–H and O–H groups in total. The van der Waals surface area contributed by atoms with Gasteiger partial charge in [0.15, 0.2) is 0 Å². The molecule has 2 unspecified atom stereocenters. The third kappa shape index (κ3) is 3.63. The van der Waals surface area contributed by atoms with Crippen LogP contribution in [-0.4, -0.2) is 45.6 Å². The van der Waals surface area contributed by atoms with Gasteiger partial charge in [-0.3, -0.25) is 0 Å². The number of aromatic carboxylic acids is 1. The maximum absolute atomic E-state index is 12.3. The van der Waals surface area contributed by atoms with Gasteiger partial charge in [-0.2, -0.15) is 11.8 Å². The van der Waals surface area contributed by atoms with E-state index in [-0.39, 0.29) is 22.7 Å². The van der Waals surface area contributed by atoms with Gasteiger partial charge in [-0.15, -0.1) is 0 Å². The lowest BCUT2D eigenvalue weighted by Crippen LogP contribution is -2.49. The van der Waals surface area contributed by atoms with Gasteiger partial charge in [-0.25, -0.2) is 9.59 Å². The summed E-state index contributed by atoms with van der Waals surface area (Å²) in [5, 5.41) is 12.3. The van der Waals surface area contributed by atoms with E-state index in [1.807, 2.05) is 18.7 Å². The van der Waals surface area contributed by atoms with Gasteiger partial charge in [0.2, 0.25) is 0 Å². The number of benzene rings is 1. The van der Waals surface area contributed by atoms with Gasteiger partial charge in [0.25, 0.3) is 0 Å². The Morgan fingerprint density at radius 1 is 1.43 bits per heavy atom. The Bertz CT molecular complexity index is 567. The Balaban J connectivity index is 2.12. The van der Waals surface area contributed by atoms with Gasteiger partial charge < -0.3 is 15.3 Å². The molecular weight excluding hydrogens is 312 g/mol. The van der Waals surface area contributed by atoms with E-state index >= 15 is 0 Å². The molecule has 0 aliphatic carbocycles. The zero-order valence-corrected chi connectivity index (χ0v) is 13.4. The van der Waals surface area contributed by atoms with E-state index in [0.29, 0.717) is 17.5 Å². The number of anilines is 1. The second-order valence-electron chi connectivity index (χ2n) is 4.94. The van der Waals surface area contributed by atoms with Crippen LogP contribution in [0.2, 0.25) is 5.02 Å². The molecule has 0 saturated carbocycles. The number of carboxylic acid groups (broad SMARTS) is 1. The number of halogens is 1. The van der Waals surface area contributed by atoms with Crippen molar-refractivity contribution in [3.05, 3.63) is 28.8 Å². The van der Waals surface area contributed by atoms with Crippen molar-refractivity contribution < 1.29 is 14.7 Å². The number of hydrogen-bond donors (Lipinski definition) is 2. The smallest absolute Gasteiger partial charge is 0.337 e. The molecule has 1 fully saturated rings. The van der Waals surface area contributed by atoms with E-state index in [2.05, 4.69) is 12.2 Å². The average molecular weight is 329 g/mol. The molecule has 21 heavy (non-hydrogen) atoms. The van der Waals surface area contributed by atoms with Crippen LogP contribution in [0, 0.1) is 0 Å². The van der Waals surface area contributed by atoms with Crippen LogP contribution in [0.1, 0.15) is 24.2 Å². The molecule has 1 heterocycles. The largest absolute Gasteiger partial charge is 0.478 e. The number of carbonyl (C=O) groups excluding carboxylic acids is 1. The zero-order valence-electron chi connectivity index (χ0n) is 11.8. The Morgan fingerprint density at radius 3 is 2.81 bits per heavy atom. The van der Waals surface area contributed by atoms with Gasteiger partial charge in [0, 0.05) is 29.3 Å². The highest BCUT2D eigenvalue weighted by Crippen LogP contribution is 2.25. The minimum atomic E-state index is -1.12. The molecule has 1 saturated heterocycles. The standard InChI is InChI=1S/C14H17ClN2O3S/c1-8-9(2)21-6-5-17(8)14(20)16-10-3-4-12(15)11(7-10)13(18)19/h3-4,7-9H,5-6H2,1-2H3,(H,16,20)(H,18,19). The summed E-state index contributed by atoms with van der Waals surface area (Å²) in [7, 11) is 0. The number of amides is 2. The summed E-state index contributed by atoms with van der Waals surface area (Å²) in [6.45, 7) is 4.79. The van der Waals surface area contributed by atoms with Gasteiger partial charge in [-0.1, -0.05) is 18.5 Å². The number of carboxylic acids is 1. The van der Waals surface area contributed by atoms with Crippen molar-refractivity contribution in [2.45, 2.75) is 25.1 Å². The van der Waals surface area contributed by atoms with E-state index in [1.165, 1.54) is 12.1 Å². The van der Waals surface area contributed by atoms with Crippen molar-refractivity contribution in [1.82, 2.24) is 4.90 Å². The Kier molecular flexibility index (Phi) is 5.00. The normalized spacial score (nSPS) is 22.0. The number of hydrogen-bond acceptors (Lipinski definition) is 3. The Labute approximate surface area is 132 Å². The lowest BCUT2D eigenvalue weighted by Gasteiger charge is -2.37. The Hall–Kier alpha value is -1.40. The minimum absolute atomic E-state index is 0.0231. The van der Waals surface area contributed by atoms with E-state index in [4.69, 9.17) is 16.7 Å². The van der Waals surface area contributed by atoms with Crippen molar-refractivity contribution in [3.63, 3.8) is 0 Å². The molecule has 0 bridgehead atoms. The topological polar surface area (TPSA) is 69.6 Å². The fourth-order valence-electron chi connectivity index (χ4n) is 2.18. The average Bonchev–Trinajstić information content (AvgIpc) is 2.43. The first-order valence-electron chi connectivity index (χ1n) is 6.62. The molecule has 2 amide bonds. The van der Waals surface area contributed by atoms with Crippen LogP contribution in [0.15, 0.2) is 18.2 Å². The number of nitrogens with one attached hydrogen (secondary N) is 1. The quantitative estimate of drug-likeness (QED) is 0.873. The SMILES string of the molecule is CC1SCCN(C(=O)Nc2ccc(Cl)c(C(=O)O)c2)C1C. The summed E-state index contributed by atoms with van der Waals surface area (Å²) in [5.74, 6) is -0.215. The molecule has 0 radical (unpaired) electrons. The number of nitrogens with zero attached hydrogens (tertiary/aromatic N) is 1.